The second-order valence-corrected chi connectivity index (χ2v) is 9.30. The summed E-state index contributed by atoms with van der Waals surface area (Å²) in [6.07, 6.45) is 1.39. The molecular formula is C26H19Cl2N5O4. The number of amides is 4. The van der Waals surface area contributed by atoms with Gasteiger partial charge in [0.2, 0.25) is 0 Å². The summed E-state index contributed by atoms with van der Waals surface area (Å²) in [4.78, 5) is 57.2. The van der Waals surface area contributed by atoms with Crippen LogP contribution in [0.3, 0.4) is 0 Å². The Morgan fingerprint density at radius 1 is 0.892 bits per heavy atom. The number of rotatable bonds is 3. The van der Waals surface area contributed by atoms with Crippen LogP contribution in [0.2, 0.25) is 10.0 Å². The molecule has 0 saturated carbocycles. The first-order valence-electron chi connectivity index (χ1n) is 11.1. The number of para-hydroxylation sites is 1. The van der Waals surface area contributed by atoms with Crippen LogP contribution in [0.25, 0.3) is 17.0 Å². The molecule has 186 valence electrons. The van der Waals surface area contributed by atoms with Crippen LogP contribution in [0.1, 0.15) is 22.8 Å². The van der Waals surface area contributed by atoms with E-state index in [0.29, 0.717) is 33.7 Å². The summed E-state index contributed by atoms with van der Waals surface area (Å²) in [5.74, 6) is -1.19. The number of barbiturate groups is 1. The van der Waals surface area contributed by atoms with Crippen molar-refractivity contribution < 1.29 is 14.4 Å². The number of imide groups is 2. The number of fused-ring (bicyclic) bond motifs is 1. The van der Waals surface area contributed by atoms with Gasteiger partial charge in [-0.3, -0.25) is 24.4 Å². The van der Waals surface area contributed by atoms with Crippen molar-refractivity contribution in [1.82, 2.24) is 19.7 Å². The Morgan fingerprint density at radius 2 is 1.62 bits per heavy atom. The molecule has 1 aliphatic rings. The van der Waals surface area contributed by atoms with Gasteiger partial charge in [-0.25, -0.2) is 14.7 Å². The molecule has 0 spiro atoms. The number of nitrogens with one attached hydrogen (secondary N) is 1. The quantitative estimate of drug-likeness (QED) is 0.309. The maximum Gasteiger partial charge on any atom is 0.335 e. The first-order chi connectivity index (χ1) is 17.6. The molecule has 9 nitrogen and oxygen atoms in total. The Bertz CT molecular complexity index is 1750. The zero-order valence-electron chi connectivity index (χ0n) is 19.9. The van der Waals surface area contributed by atoms with Crippen molar-refractivity contribution in [2.45, 2.75) is 20.8 Å². The number of carbonyl (C=O) groups excluding carboxylic acids is 3. The lowest BCUT2D eigenvalue weighted by Gasteiger charge is -2.26. The maximum atomic E-state index is 13.3. The van der Waals surface area contributed by atoms with Crippen LogP contribution in [-0.4, -0.2) is 32.2 Å². The number of hydrogen-bond acceptors (Lipinski definition) is 5. The summed E-state index contributed by atoms with van der Waals surface area (Å²) in [6.45, 7) is 5.28. The summed E-state index contributed by atoms with van der Waals surface area (Å²) in [6, 6.07) is 12.2. The van der Waals surface area contributed by atoms with Gasteiger partial charge >= 0.3 is 6.03 Å². The molecule has 2 aromatic heterocycles. The van der Waals surface area contributed by atoms with Crippen LogP contribution in [0.15, 0.2) is 58.9 Å². The molecule has 5 rings (SSSR count). The monoisotopic (exact) mass is 535 g/mol. The number of hydrogen-bond donors (Lipinski definition) is 1. The standard InChI is InChI=1S/C26H19Cl2N5O4/c1-13-10-16(14(2)32(13)33-15(3)29-22-7-5-4-6-18(22)25(33)36)11-19-23(34)30-26(37)31(24(19)35)17-8-9-20(27)21(28)12-17/h4-12H,1-3H3,(H,30,34,37). The fraction of sp³-hybridized carbons (Fsp3) is 0.115. The van der Waals surface area contributed by atoms with Crippen LogP contribution in [-0.2, 0) is 9.59 Å². The smallest absolute Gasteiger partial charge is 0.273 e. The summed E-state index contributed by atoms with van der Waals surface area (Å²) in [5.41, 5.74) is 2.00. The van der Waals surface area contributed by atoms with Crippen LogP contribution in [0.5, 0.6) is 0 Å². The summed E-state index contributed by atoms with van der Waals surface area (Å²) in [5, 5.41) is 3.04. The molecule has 0 unspecified atom stereocenters. The van der Waals surface area contributed by atoms with E-state index in [1.54, 1.807) is 49.7 Å². The van der Waals surface area contributed by atoms with E-state index in [1.807, 2.05) is 6.07 Å². The lowest BCUT2D eigenvalue weighted by atomic mass is 10.1. The van der Waals surface area contributed by atoms with E-state index in [9.17, 15) is 19.2 Å². The Hall–Kier alpha value is -4.21. The molecule has 1 saturated heterocycles. The highest BCUT2D eigenvalue weighted by molar-refractivity contribution is 6.43. The summed E-state index contributed by atoms with van der Waals surface area (Å²) < 4.78 is 3.12. The van der Waals surface area contributed by atoms with E-state index >= 15 is 0 Å². The Balaban J connectivity index is 1.62. The molecule has 0 atom stereocenters. The fourth-order valence-electron chi connectivity index (χ4n) is 4.37. The number of aromatic nitrogens is 3. The van der Waals surface area contributed by atoms with Gasteiger partial charge in [0.05, 0.1) is 26.6 Å². The minimum atomic E-state index is -0.902. The van der Waals surface area contributed by atoms with E-state index in [1.165, 1.54) is 29.0 Å². The molecule has 0 bridgehead atoms. The minimum Gasteiger partial charge on any atom is -0.273 e. The molecule has 11 heteroatoms. The van der Waals surface area contributed by atoms with Crippen molar-refractivity contribution >= 4 is 63.7 Å². The number of nitrogens with zero attached hydrogens (tertiary/aromatic N) is 4. The first kappa shape index (κ1) is 24.5. The second kappa shape index (κ2) is 9.02. The molecule has 1 N–H and O–H groups in total. The third kappa shape index (κ3) is 4.02. The largest absolute Gasteiger partial charge is 0.335 e. The highest BCUT2D eigenvalue weighted by Gasteiger charge is 2.37. The fourth-order valence-corrected chi connectivity index (χ4v) is 4.67. The zero-order chi connectivity index (χ0) is 26.6. The third-order valence-electron chi connectivity index (χ3n) is 6.11. The molecule has 4 aromatic rings. The number of aryl methyl sites for hydroxylation is 2. The molecule has 4 amide bonds. The lowest BCUT2D eigenvalue weighted by Crippen LogP contribution is -2.54. The van der Waals surface area contributed by atoms with Crippen molar-refractivity contribution in [2.75, 3.05) is 4.90 Å². The van der Waals surface area contributed by atoms with Crippen molar-refractivity contribution in [3.05, 3.63) is 97.3 Å². The van der Waals surface area contributed by atoms with E-state index < -0.39 is 17.8 Å². The van der Waals surface area contributed by atoms with Gasteiger partial charge in [-0.05, 0) is 68.8 Å². The first-order valence-corrected chi connectivity index (χ1v) is 11.9. The van der Waals surface area contributed by atoms with Gasteiger partial charge in [0.1, 0.15) is 11.4 Å². The average molecular weight is 536 g/mol. The highest BCUT2D eigenvalue weighted by Crippen LogP contribution is 2.30. The van der Waals surface area contributed by atoms with Crippen molar-refractivity contribution in [3.8, 4) is 0 Å². The number of urea groups is 1. The van der Waals surface area contributed by atoms with Gasteiger partial charge in [-0.15, -0.1) is 0 Å². The molecule has 3 heterocycles. The van der Waals surface area contributed by atoms with Gasteiger partial charge in [0.25, 0.3) is 17.4 Å². The van der Waals surface area contributed by atoms with Gasteiger partial charge in [-0.1, -0.05) is 35.3 Å². The SMILES string of the molecule is Cc1cc(C=C2C(=O)NC(=O)N(c3ccc(Cl)c(Cl)c3)C2=O)c(C)n1-n1c(C)nc2ccccc2c1=O. The van der Waals surface area contributed by atoms with Crippen molar-refractivity contribution in [2.24, 2.45) is 0 Å². The second-order valence-electron chi connectivity index (χ2n) is 8.49. The van der Waals surface area contributed by atoms with Gasteiger partial charge in [0, 0.05) is 11.4 Å². The molecule has 0 radical (unpaired) electrons. The van der Waals surface area contributed by atoms with Crippen molar-refractivity contribution in [3.63, 3.8) is 0 Å². The predicted octanol–water partition coefficient (Wildman–Crippen LogP) is 4.41. The number of carbonyl (C=O) groups is 3. The minimum absolute atomic E-state index is 0.149. The summed E-state index contributed by atoms with van der Waals surface area (Å²) in [7, 11) is 0. The molecule has 37 heavy (non-hydrogen) atoms. The van der Waals surface area contributed by atoms with Crippen LogP contribution < -0.4 is 15.8 Å². The number of anilines is 1. The Kier molecular flexibility index (Phi) is 5.97. The molecule has 0 aliphatic carbocycles. The maximum absolute atomic E-state index is 13.3. The van der Waals surface area contributed by atoms with E-state index in [0.717, 1.165) is 4.90 Å². The molecule has 2 aromatic carbocycles. The van der Waals surface area contributed by atoms with Crippen LogP contribution >= 0.6 is 23.2 Å². The van der Waals surface area contributed by atoms with E-state index in [-0.39, 0.29) is 26.9 Å². The highest BCUT2D eigenvalue weighted by atomic mass is 35.5. The third-order valence-corrected chi connectivity index (χ3v) is 6.85. The van der Waals surface area contributed by atoms with Gasteiger partial charge in [-0.2, -0.15) is 4.68 Å². The van der Waals surface area contributed by atoms with Crippen LogP contribution in [0.4, 0.5) is 10.5 Å². The summed E-state index contributed by atoms with van der Waals surface area (Å²) >= 11 is 12.0. The van der Waals surface area contributed by atoms with E-state index in [4.69, 9.17) is 23.2 Å². The molecule has 1 fully saturated rings. The number of halogens is 2. The predicted molar refractivity (Wildman–Crippen MR) is 141 cm³/mol. The Labute approximate surface area is 220 Å². The lowest BCUT2D eigenvalue weighted by molar-refractivity contribution is -0.122. The average Bonchev–Trinajstić information content (AvgIpc) is 3.11. The normalized spacial score (nSPS) is 15.1. The molecular weight excluding hydrogens is 517 g/mol. The van der Waals surface area contributed by atoms with Gasteiger partial charge in [0.15, 0.2) is 0 Å². The van der Waals surface area contributed by atoms with E-state index in [2.05, 4.69) is 10.3 Å². The topological polar surface area (TPSA) is 106 Å². The zero-order valence-corrected chi connectivity index (χ0v) is 21.4. The molecule has 1 aliphatic heterocycles. The Morgan fingerprint density at radius 3 is 2.35 bits per heavy atom. The van der Waals surface area contributed by atoms with Crippen molar-refractivity contribution in [1.29, 1.82) is 0 Å². The van der Waals surface area contributed by atoms with Crippen LogP contribution in [0, 0.1) is 20.8 Å². The van der Waals surface area contributed by atoms with Gasteiger partial charge < -0.3 is 0 Å². The number of benzene rings is 2.